The second kappa shape index (κ2) is 16.5. The first-order valence-electron chi connectivity index (χ1n) is 8.72. The normalized spacial score (nSPS) is 11.2. The van der Waals surface area contributed by atoms with Crippen molar-refractivity contribution in [2.24, 2.45) is 17.8 Å². The van der Waals surface area contributed by atoms with Crippen molar-refractivity contribution < 1.29 is 4.79 Å². The summed E-state index contributed by atoms with van der Waals surface area (Å²) >= 11 is 0. The smallest absolute Gasteiger partial charge is 0.225 e. The Morgan fingerprint density at radius 3 is 1.65 bits per heavy atom. The van der Waals surface area contributed by atoms with E-state index in [-0.39, 0.29) is 5.92 Å². The molecule has 1 atom stereocenters. The van der Waals surface area contributed by atoms with E-state index in [9.17, 15) is 4.79 Å². The van der Waals surface area contributed by atoms with Gasteiger partial charge >= 0.3 is 0 Å². The minimum atomic E-state index is 0.124. The van der Waals surface area contributed by atoms with Gasteiger partial charge in [0.15, 0.2) is 0 Å². The third-order valence-electron chi connectivity index (χ3n) is 3.42. The molecule has 0 fully saturated rings. The molecule has 0 aromatic rings. The number of hydrogen-bond acceptors (Lipinski definition) is 1. The minimum Gasteiger partial charge on any atom is -0.343 e. The van der Waals surface area contributed by atoms with Gasteiger partial charge in [0.05, 0.1) is 0 Å². The van der Waals surface area contributed by atoms with E-state index in [0.29, 0.717) is 5.91 Å². The van der Waals surface area contributed by atoms with Crippen molar-refractivity contribution in [3.63, 3.8) is 0 Å². The van der Waals surface area contributed by atoms with Crippen LogP contribution in [0.5, 0.6) is 0 Å². The Morgan fingerprint density at radius 1 is 0.950 bits per heavy atom. The van der Waals surface area contributed by atoms with Crippen LogP contribution in [0, 0.1) is 17.8 Å². The molecular weight excluding hydrogens is 246 g/mol. The van der Waals surface area contributed by atoms with Gasteiger partial charge < -0.3 is 4.90 Å². The van der Waals surface area contributed by atoms with Crippen LogP contribution in [-0.4, -0.2) is 23.9 Å². The Hall–Kier alpha value is -0.530. The Balaban J connectivity index is -0.000000656. The third-order valence-corrected chi connectivity index (χ3v) is 3.42. The zero-order valence-electron chi connectivity index (χ0n) is 15.9. The average molecular weight is 288 g/mol. The van der Waals surface area contributed by atoms with Crippen LogP contribution in [0.4, 0.5) is 0 Å². The highest BCUT2D eigenvalue weighted by atomic mass is 16.2. The van der Waals surface area contributed by atoms with Crippen LogP contribution >= 0.6 is 0 Å². The molecule has 1 amide bonds. The molecule has 0 heterocycles. The Kier molecular flexibility index (Phi) is 20.2. The van der Waals surface area contributed by atoms with Crippen molar-refractivity contribution in [1.82, 2.24) is 4.90 Å². The predicted molar refractivity (Wildman–Crippen MR) is 93.0 cm³/mol. The van der Waals surface area contributed by atoms with Gasteiger partial charge in [-0.3, -0.25) is 4.79 Å². The van der Waals surface area contributed by atoms with Gasteiger partial charge in [-0.2, -0.15) is 0 Å². The quantitative estimate of drug-likeness (QED) is 0.595. The van der Waals surface area contributed by atoms with E-state index in [0.717, 1.165) is 31.3 Å². The van der Waals surface area contributed by atoms with Gasteiger partial charge in [0, 0.05) is 19.0 Å². The fraction of sp³-hybridized carbons (Fsp3) is 0.944. The van der Waals surface area contributed by atoms with E-state index in [1.165, 1.54) is 6.42 Å². The summed E-state index contributed by atoms with van der Waals surface area (Å²) in [6.45, 7) is 22.6. The van der Waals surface area contributed by atoms with E-state index in [4.69, 9.17) is 0 Å². The topological polar surface area (TPSA) is 20.3 Å². The lowest BCUT2D eigenvalue weighted by atomic mass is 9.90. The lowest BCUT2D eigenvalue weighted by molar-refractivity contribution is -0.134. The van der Waals surface area contributed by atoms with Gasteiger partial charge in [-0.25, -0.2) is 0 Å². The molecule has 0 aromatic carbocycles. The predicted octanol–water partition coefficient (Wildman–Crippen LogP) is 5.62. The van der Waals surface area contributed by atoms with Crippen molar-refractivity contribution in [1.29, 1.82) is 0 Å². The maximum Gasteiger partial charge on any atom is 0.225 e. The molecule has 0 N–H and O–H groups in total. The van der Waals surface area contributed by atoms with Crippen molar-refractivity contribution >= 4 is 5.91 Å². The Bertz CT molecular complexity index is 200. The number of hydrogen-bond donors (Lipinski definition) is 0. The molecule has 0 aliphatic heterocycles. The standard InChI is InChI=1S/C14H29NO.2C2H6/c1-7-13(11(3)4)9-10-15(8-2)14(16)12(5)6;2*1-2/h11-13H,7-10H2,1-6H3;2*1-2H3. The lowest BCUT2D eigenvalue weighted by Crippen LogP contribution is -2.36. The summed E-state index contributed by atoms with van der Waals surface area (Å²) in [6, 6.07) is 0. The van der Waals surface area contributed by atoms with E-state index in [1.807, 2.05) is 46.4 Å². The van der Waals surface area contributed by atoms with Gasteiger partial charge in [-0.1, -0.05) is 68.7 Å². The largest absolute Gasteiger partial charge is 0.343 e. The molecule has 0 spiro atoms. The highest BCUT2D eigenvalue weighted by Crippen LogP contribution is 2.19. The molecule has 20 heavy (non-hydrogen) atoms. The molecule has 0 saturated carbocycles. The summed E-state index contributed by atoms with van der Waals surface area (Å²) in [5, 5.41) is 0. The molecule has 0 bridgehead atoms. The molecule has 124 valence electrons. The first-order valence-corrected chi connectivity index (χ1v) is 8.72. The molecule has 1 unspecified atom stereocenters. The van der Waals surface area contributed by atoms with E-state index in [2.05, 4.69) is 27.7 Å². The maximum atomic E-state index is 11.9. The van der Waals surface area contributed by atoms with Crippen LogP contribution in [0.3, 0.4) is 0 Å². The van der Waals surface area contributed by atoms with Crippen LogP contribution in [0.15, 0.2) is 0 Å². The number of amides is 1. The van der Waals surface area contributed by atoms with Crippen LogP contribution in [0.25, 0.3) is 0 Å². The van der Waals surface area contributed by atoms with E-state index >= 15 is 0 Å². The molecule has 0 aliphatic rings. The fourth-order valence-electron chi connectivity index (χ4n) is 2.12. The lowest BCUT2D eigenvalue weighted by Gasteiger charge is -2.26. The van der Waals surface area contributed by atoms with Gasteiger partial charge in [-0.15, -0.1) is 0 Å². The number of nitrogens with zero attached hydrogens (tertiary/aromatic N) is 1. The minimum absolute atomic E-state index is 0.124. The number of carbonyl (C=O) groups is 1. The zero-order chi connectivity index (χ0) is 16.7. The molecule has 0 saturated heterocycles. The molecule has 0 rings (SSSR count). The van der Waals surface area contributed by atoms with Crippen molar-refractivity contribution in [2.45, 2.75) is 82.1 Å². The number of carbonyl (C=O) groups excluding carboxylic acids is 1. The summed E-state index contributed by atoms with van der Waals surface area (Å²) in [5.74, 6) is 1.88. The van der Waals surface area contributed by atoms with Crippen LogP contribution in [0.2, 0.25) is 0 Å². The summed E-state index contributed by atoms with van der Waals surface area (Å²) in [4.78, 5) is 13.9. The average Bonchev–Trinajstić information content (AvgIpc) is 2.47. The number of rotatable bonds is 7. The van der Waals surface area contributed by atoms with E-state index < -0.39 is 0 Å². The SMILES string of the molecule is CC.CC.CCC(CCN(CC)C(=O)C(C)C)C(C)C. The van der Waals surface area contributed by atoms with Crippen LogP contribution in [0.1, 0.15) is 82.1 Å². The summed E-state index contributed by atoms with van der Waals surface area (Å²) in [7, 11) is 0. The van der Waals surface area contributed by atoms with Crippen LogP contribution in [-0.2, 0) is 4.79 Å². The van der Waals surface area contributed by atoms with Gasteiger partial charge in [0.1, 0.15) is 0 Å². The molecule has 0 aromatic heterocycles. The van der Waals surface area contributed by atoms with Gasteiger partial charge in [0.25, 0.3) is 0 Å². The highest BCUT2D eigenvalue weighted by molar-refractivity contribution is 5.78. The highest BCUT2D eigenvalue weighted by Gasteiger charge is 2.18. The van der Waals surface area contributed by atoms with Crippen molar-refractivity contribution in [3.05, 3.63) is 0 Å². The second-order valence-electron chi connectivity index (χ2n) is 5.27. The molecular formula is C18H41NO. The third kappa shape index (κ3) is 11.3. The fourth-order valence-corrected chi connectivity index (χ4v) is 2.12. The van der Waals surface area contributed by atoms with Crippen LogP contribution < -0.4 is 0 Å². The molecule has 2 nitrogen and oxygen atoms in total. The zero-order valence-corrected chi connectivity index (χ0v) is 15.9. The molecule has 0 aliphatic carbocycles. The maximum absolute atomic E-state index is 11.9. The van der Waals surface area contributed by atoms with E-state index in [1.54, 1.807) is 0 Å². The van der Waals surface area contributed by atoms with Crippen molar-refractivity contribution in [3.8, 4) is 0 Å². The monoisotopic (exact) mass is 287 g/mol. The summed E-state index contributed by atoms with van der Waals surface area (Å²) in [5.41, 5.74) is 0. The second-order valence-corrected chi connectivity index (χ2v) is 5.27. The molecule has 0 radical (unpaired) electrons. The van der Waals surface area contributed by atoms with Gasteiger partial charge in [0.2, 0.25) is 5.91 Å². The molecule has 2 heteroatoms. The first kappa shape index (κ1) is 24.5. The first-order chi connectivity index (χ1) is 9.43. The summed E-state index contributed by atoms with van der Waals surface area (Å²) in [6.07, 6.45) is 2.35. The summed E-state index contributed by atoms with van der Waals surface area (Å²) < 4.78 is 0. The van der Waals surface area contributed by atoms with Gasteiger partial charge in [-0.05, 0) is 25.2 Å². The Morgan fingerprint density at radius 2 is 1.40 bits per heavy atom. The van der Waals surface area contributed by atoms with Crippen molar-refractivity contribution in [2.75, 3.05) is 13.1 Å². The Labute approximate surface area is 129 Å².